The van der Waals surface area contributed by atoms with Gasteiger partial charge in [0.1, 0.15) is 5.78 Å². The van der Waals surface area contributed by atoms with Crippen molar-refractivity contribution in [3.63, 3.8) is 0 Å². The van der Waals surface area contributed by atoms with Gasteiger partial charge in [-0.2, -0.15) is 0 Å². The van der Waals surface area contributed by atoms with Gasteiger partial charge in [0.25, 0.3) is 0 Å². The normalized spacial score (nSPS) is 21.1. The summed E-state index contributed by atoms with van der Waals surface area (Å²) in [6.45, 7) is 3.72. The van der Waals surface area contributed by atoms with Gasteiger partial charge in [0.05, 0.1) is 0 Å². The van der Waals surface area contributed by atoms with E-state index < -0.39 is 0 Å². The highest BCUT2D eigenvalue weighted by atomic mass is 35.5. The second kappa shape index (κ2) is 7.06. The first kappa shape index (κ1) is 14.5. The summed E-state index contributed by atoms with van der Waals surface area (Å²) >= 11 is 5.92. The van der Waals surface area contributed by atoms with Gasteiger partial charge in [-0.05, 0) is 44.0 Å². The monoisotopic (exact) mass is 279 g/mol. The Bertz CT molecular complexity index is 415. The molecule has 2 nitrogen and oxygen atoms in total. The van der Waals surface area contributed by atoms with Crippen molar-refractivity contribution in [3.8, 4) is 0 Å². The number of halogens is 1. The van der Waals surface area contributed by atoms with Crippen LogP contribution >= 0.6 is 11.6 Å². The van der Waals surface area contributed by atoms with Crippen molar-refractivity contribution in [2.24, 2.45) is 0 Å². The summed E-state index contributed by atoms with van der Waals surface area (Å²) in [6.07, 6.45) is 5.60. The number of hydrogen-bond acceptors (Lipinski definition) is 2. The predicted molar refractivity (Wildman–Crippen MR) is 79.4 cm³/mol. The Morgan fingerprint density at radius 2 is 2.00 bits per heavy atom. The third-order valence-electron chi connectivity index (χ3n) is 3.82. The highest BCUT2D eigenvalue weighted by molar-refractivity contribution is 6.30. The molecule has 3 heteroatoms. The van der Waals surface area contributed by atoms with E-state index in [9.17, 15) is 4.79 Å². The molecule has 1 aromatic carbocycles. The molecule has 0 amide bonds. The summed E-state index contributed by atoms with van der Waals surface area (Å²) in [5, 5.41) is 0.778. The van der Waals surface area contributed by atoms with Crippen molar-refractivity contribution in [1.82, 2.24) is 4.90 Å². The van der Waals surface area contributed by atoms with Gasteiger partial charge >= 0.3 is 0 Å². The van der Waals surface area contributed by atoms with Crippen LogP contribution in [0.5, 0.6) is 0 Å². The molecule has 19 heavy (non-hydrogen) atoms. The molecule has 0 aliphatic carbocycles. The number of nitrogens with zero attached hydrogens (tertiary/aromatic N) is 1. The van der Waals surface area contributed by atoms with Crippen LogP contribution in [0, 0.1) is 0 Å². The van der Waals surface area contributed by atoms with Crippen LogP contribution in [0.15, 0.2) is 24.3 Å². The van der Waals surface area contributed by atoms with Crippen LogP contribution in [0.4, 0.5) is 0 Å². The fraction of sp³-hybridized carbons (Fsp3) is 0.562. The number of rotatable bonds is 4. The summed E-state index contributed by atoms with van der Waals surface area (Å²) in [5.41, 5.74) is 1.28. The van der Waals surface area contributed by atoms with Crippen LogP contribution in [0.25, 0.3) is 0 Å². The fourth-order valence-corrected chi connectivity index (χ4v) is 2.96. The maximum Gasteiger partial charge on any atom is 0.131 e. The summed E-state index contributed by atoms with van der Waals surface area (Å²) < 4.78 is 0. The van der Waals surface area contributed by atoms with Gasteiger partial charge in [-0.15, -0.1) is 0 Å². The van der Waals surface area contributed by atoms with Crippen molar-refractivity contribution < 1.29 is 4.79 Å². The van der Waals surface area contributed by atoms with E-state index in [0.29, 0.717) is 18.2 Å². The molecule has 1 atom stereocenters. The van der Waals surface area contributed by atoms with E-state index in [1.54, 1.807) is 6.92 Å². The van der Waals surface area contributed by atoms with Crippen molar-refractivity contribution in [2.45, 2.75) is 51.6 Å². The first-order valence-corrected chi connectivity index (χ1v) is 7.51. The Morgan fingerprint density at radius 1 is 1.26 bits per heavy atom. The Labute approximate surface area is 120 Å². The summed E-state index contributed by atoms with van der Waals surface area (Å²) in [6, 6.07) is 8.45. The van der Waals surface area contributed by atoms with Crippen molar-refractivity contribution in [2.75, 3.05) is 6.54 Å². The van der Waals surface area contributed by atoms with Crippen molar-refractivity contribution in [1.29, 1.82) is 0 Å². The van der Waals surface area contributed by atoms with Crippen LogP contribution in [-0.2, 0) is 11.3 Å². The van der Waals surface area contributed by atoms with Crippen molar-refractivity contribution in [3.05, 3.63) is 34.9 Å². The Morgan fingerprint density at radius 3 is 2.68 bits per heavy atom. The van der Waals surface area contributed by atoms with Gasteiger partial charge in [-0.25, -0.2) is 0 Å². The summed E-state index contributed by atoms with van der Waals surface area (Å²) in [7, 11) is 0. The maximum absolute atomic E-state index is 11.4. The van der Waals surface area contributed by atoms with E-state index >= 15 is 0 Å². The third-order valence-corrected chi connectivity index (χ3v) is 4.07. The van der Waals surface area contributed by atoms with E-state index in [1.807, 2.05) is 12.1 Å². The summed E-state index contributed by atoms with van der Waals surface area (Å²) in [5.74, 6) is 0.299. The zero-order valence-electron chi connectivity index (χ0n) is 11.6. The fourth-order valence-electron chi connectivity index (χ4n) is 2.83. The minimum atomic E-state index is 0.299. The molecule has 0 saturated carbocycles. The predicted octanol–water partition coefficient (Wildman–Crippen LogP) is 4.06. The Kier molecular flexibility index (Phi) is 5.41. The van der Waals surface area contributed by atoms with E-state index in [1.165, 1.54) is 24.8 Å². The van der Waals surface area contributed by atoms with Gasteiger partial charge < -0.3 is 0 Å². The number of ketones is 1. The lowest BCUT2D eigenvalue weighted by Crippen LogP contribution is -2.35. The van der Waals surface area contributed by atoms with Crippen LogP contribution in [0.1, 0.15) is 44.6 Å². The molecule has 0 N–H and O–H groups in total. The number of benzene rings is 1. The second-order valence-electron chi connectivity index (χ2n) is 5.51. The van der Waals surface area contributed by atoms with Gasteiger partial charge in [0.2, 0.25) is 0 Å². The second-order valence-corrected chi connectivity index (χ2v) is 5.94. The first-order valence-electron chi connectivity index (χ1n) is 7.13. The molecule has 1 aromatic rings. The minimum Gasteiger partial charge on any atom is -0.300 e. The molecule has 1 heterocycles. The smallest absolute Gasteiger partial charge is 0.131 e. The largest absolute Gasteiger partial charge is 0.300 e. The highest BCUT2D eigenvalue weighted by Gasteiger charge is 2.22. The molecule has 104 valence electrons. The maximum atomic E-state index is 11.4. The molecular weight excluding hydrogens is 258 g/mol. The minimum absolute atomic E-state index is 0.299. The average Bonchev–Trinajstić information content (AvgIpc) is 2.58. The third kappa shape index (κ3) is 4.63. The van der Waals surface area contributed by atoms with E-state index in [4.69, 9.17) is 11.6 Å². The number of Topliss-reactive ketones (excluding diaryl/α,β-unsaturated/α-hetero) is 1. The van der Waals surface area contributed by atoms with Crippen LogP contribution < -0.4 is 0 Å². The lowest BCUT2D eigenvalue weighted by atomic mass is 10.0. The van der Waals surface area contributed by atoms with Crippen LogP contribution in [-0.4, -0.2) is 23.3 Å². The standard InChI is InChI=1S/C16H22ClNO/c1-13(19)11-16-5-3-2-4-10-18(16)12-14-6-8-15(17)9-7-14/h6-9,16H,2-5,10-12H2,1H3. The molecule has 0 aromatic heterocycles. The number of hydrogen-bond donors (Lipinski definition) is 0. The quantitative estimate of drug-likeness (QED) is 0.828. The average molecular weight is 280 g/mol. The number of carbonyl (C=O) groups is 1. The molecule has 0 radical (unpaired) electrons. The molecule has 1 unspecified atom stereocenters. The van der Waals surface area contributed by atoms with Gasteiger partial charge in [-0.1, -0.05) is 36.6 Å². The van der Waals surface area contributed by atoms with E-state index in [2.05, 4.69) is 17.0 Å². The van der Waals surface area contributed by atoms with Gasteiger partial charge in [-0.3, -0.25) is 9.69 Å². The van der Waals surface area contributed by atoms with Crippen LogP contribution in [0.2, 0.25) is 5.02 Å². The lowest BCUT2D eigenvalue weighted by molar-refractivity contribution is -0.118. The van der Waals surface area contributed by atoms with E-state index in [-0.39, 0.29) is 0 Å². The molecule has 0 bridgehead atoms. The molecule has 1 aliphatic heterocycles. The molecule has 0 spiro atoms. The summed E-state index contributed by atoms with van der Waals surface area (Å²) in [4.78, 5) is 13.9. The first-order chi connectivity index (χ1) is 9.15. The molecular formula is C16H22ClNO. The Balaban J connectivity index is 2.04. The van der Waals surface area contributed by atoms with Crippen LogP contribution in [0.3, 0.4) is 0 Å². The number of carbonyl (C=O) groups excluding carboxylic acids is 1. The zero-order valence-corrected chi connectivity index (χ0v) is 12.3. The van der Waals surface area contributed by atoms with Gasteiger partial charge in [0, 0.05) is 24.0 Å². The molecule has 2 rings (SSSR count). The van der Waals surface area contributed by atoms with E-state index in [0.717, 1.165) is 24.5 Å². The zero-order chi connectivity index (χ0) is 13.7. The topological polar surface area (TPSA) is 20.3 Å². The molecule has 1 aliphatic rings. The van der Waals surface area contributed by atoms with Gasteiger partial charge in [0.15, 0.2) is 0 Å². The SMILES string of the molecule is CC(=O)CC1CCCCCN1Cc1ccc(Cl)cc1. The number of likely N-dealkylation sites (tertiary alicyclic amines) is 1. The Hall–Kier alpha value is -0.860. The molecule has 1 saturated heterocycles. The molecule has 1 fully saturated rings. The highest BCUT2D eigenvalue weighted by Crippen LogP contribution is 2.22. The lowest BCUT2D eigenvalue weighted by Gasteiger charge is -2.29. The van der Waals surface area contributed by atoms with Crippen molar-refractivity contribution >= 4 is 17.4 Å².